The number of ether oxygens (including phenoxy) is 4. The molecule has 2 heterocycles. The molecule has 2 fully saturated rings. The van der Waals surface area contributed by atoms with Crippen LogP contribution in [0.25, 0.3) is 0 Å². The molecule has 2 aliphatic heterocycles. The third-order valence-corrected chi connectivity index (χ3v) is 11.8. The fourth-order valence-electron chi connectivity index (χ4n) is 7.56. The van der Waals surface area contributed by atoms with E-state index in [1.54, 1.807) is 13.0 Å². The third-order valence-electron chi connectivity index (χ3n) is 10.3. The van der Waals surface area contributed by atoms with E-state index in [0.29, 0.717) is 30.6 Å². The Bertz CT molecular complexity index is 1490. The van der Waals surface area contributed by atoms with Gasteiger partial charge in [0.1, 0.15) is 5.75 Å². The summed E-state index contributed by atoms with van der Waals surface area (Å²) in [6, 6.07) is 11.8. The summed E-state index contributed by atoms with van der Waals surface area (Å²) in [7, 11) is -2.23. The van der Waals surface area contributed by atoms with E-state index in [1.165, 1.54) is 18.2 Å². The molecule has 2 aliphatic carbocycles. The molecule has 1 spiro atoms. The molecule has 1 saturated heterocycles. The SMILES string of the molecule is COC(=O)c1ccc2c(c1)N(C[C@@H]1CC[C@H]1[C@H]1C[C@@H](OC[C@@H](C)S(N)(=O)=O)CCO1)C[C@@]1(CCCc3cc(Cl)ccc31)CO2. The predicted molar refractivity (Wildman–Crippen MR) is 169 cm³/mol. The van der Waals surface area contributed by atoms with Gasteiger partial charge < -0.3 is 23.8 Å². The van der Waals surface area contributed by atoms with Crippen LogP contribution in [0.1, 0.15) is 66.9 Å². The molecule has 240 valence electrons. The molecule has 1 saturated carbocycles. The van der Waals surface area contributed by atoms with E-state index < -0.39 is 15.3 Å². The number of hydrogen-bond donors (Lipinski definition) is 1. The van der Waals surface area contributed by atoms with E-state index in [1.807, 2.05) is 18.2 Å². The van der Waals surface area contributed by atoms with E-state index in [4.69, 9.17) is 35.7 Å². The van der Waals surface area contributed by atoms with Crippen molar-refractivity contribution in [2.75, 3.05) is 44.9 Å². The molecule has 11 heteroatoms. The van der Waals surface area contributed by atoms with Crippen LogP contribution in [0, 0.1) is 11.8 Å². The second kappa shape index (κ2) is 12.8. The van der Waals surface area contributed by atoms with Crippen LogP contribution in [0.5, 0.6) is 5.75 Å². The molecule has 0 unspecified atom stereocenters. The summed E-state index contributed by atoms with van der Waals surface area (Å²) in [6.45, 7) is 4.39. The Kier molecular flexibility index (Phi) is 9.19. The summed E-state index contributed by atoms with van der Waals surface area (Å²) in [4.78, 5) is 15.0. The highest BCUT2D eigenvalue weighted by Gasteiger charge is 2.45. The number of primary sulfonamides is 1. The standard InChI is InChI=1S/C33H43ClN2O7S/c1-21(44(35,38)39)18-42-26-11-13-41-31(16-26)27-8-5-24(27)17-36-19-33(12-3-4-22-14-25(34)7-9-28(22)33)20-43-30-10-6-23(15-29(30)36)32(37)40-2/h6-7,9-10,14-15,21,24,26-27,31H,3-5,8,11-13,16-20H2,1-2H3,(H2,35,38,39)/t21-,24+,26+,27-,31-,33+/m1/s1. The maximum absolute atomic E-state index is 12.5. The number of anilines is 1. The fraction of sp³-hybridized carbons (Fsp3) is 0.606. The van der Waals surface area contributed by atoms with Gasteiger partial charge in [-0.2, -0.15) is 0 Å². The molecule has 4 aliphatic rings. The first-order chi connectivity index (χ1) is 21.1. The van der Waals surface area contributed by atoms with E-state index >= 15 is 0 Å². The van der Waals surface area contributed by atoms with Gasteiger partial charge in [0.15, 0.2) is 0 Å². The highest BCUT2D eigenvalue weighted by atomic mass is 35.5. The van der Waals surface area contributed by atoms with E-state index in [9.17, 15) is 13.2 Å². The highest BCUT2D eigenvalue weighted by Crippen LogP contribution is 2.47. The monoisotopic (exact) mass is 646 g/mol. The number of nitrogens with two attached hydrogens (primary N) is 1. The molecule has 2 aromatic carbocycles. The van der Waals surface area contributed by atoms with Crippen LogP contribution in [-0.2, 0) is 36.1 Å². The summed E-state index contributed by atoms with van der Waals surface area (Å²) >= 11 is 6.41. The number of halogens is 1. The number of carbonyl (C=O) groups is 1. The summed E-state index contributed by atoms with van der Waals surface area (Å²) < 4.78 is 47.3. The fourth-order valence-corrected chi connectivity index (χ4v) is 8.03. The van der Waals surface area contributed by atoms with Crippen LogP contribution in [0.3, 0.4) is 0 Å². The predicted octanol–water partition coefficient (Wildman–Crippen LogP) is 4.87. The van der Waals surface area contributed by atoms with Gasteiger partial charge in [0.25, 0.3) is 0 Å². The zero-order valence-corrected chi connectivity index (χ0v) is 27.1. The van der Waals surface area contributed by atoms with Crippen LogP contribution in [0.4, 0.5) is 5.69 Å². The van der Waals surface area contributed by atoms with Crippen molar-refractivity contribution in [1.29, 1.82) is 0 Å². The second-order valence-electron chi connectivity index (χ2n) is 13.1. The van der Waals surface area contributed by atoms with Gasteiger partial charge in [0, 0.05) is 36.6 Å². The minimum Gasteiger partial charge on any atom is -0.490 e. The molecule has 2 N–H and O–H groups in total. The van der Waals surface area contributed by atoms with Crippen molar-refractivity contribution in [2.45, 2.75) is 74.7 Å². The lowest BCUT2D eigenvalue weighted by molar-refractivity contribution is -0.116. The number of hydrogen-bond acceptors (Lipinski definition) is 8. The largest absolute Gasteiger partial charge is 0.490 e. The van der Waals surface area contributed by atoms with Gasteiger partial charge in [0.2, 0.25) is 10.0 Å². The van der Waals surface area contributed by atoms with Gasteiger partial charge in [-0.05, 0) is 98.7 Å². The molecular weight excluding hydrogens is 604 g/mol. The smallest absolute Gasteiger partial charge is 0.337 e. The van der Waals surface area contributed by atoms with Crippen molar-refractivity contribution in [3.05, 3.63) is 58.1 Å². The van der Waals surface area contributed by atoms with Gasteiger partial charge in [-0.25, -0.2) is 18.4 Å². The van der Waals surface area contributed by atoms with Gasteiger partial charge in [-0.15, -0.1) is 0 Å². The molecule has 6 rings (SSSR count). The lowest BCUT2D eigenvalue weighted by Crippen LogP contribution is -2.51. The maximum Gasteiger partial charge on any atom is 0.337 e. The first-order valence-electron chi connectivity index (χ1n) is 15.7. The number of benzene rings is 2. The normalized spacial score (nSPS) is 29.0. The number of aryl methyl sites for hydroxylation is 1. The van der Waals surface area contributed by atoms with E-state index in [-0.39, 0.29) is 30.2 Å². The molecule has 0 bridgehead atoms. The Morgan fingerprint density at radius 3 is 2.80 bits per heavy atom. The van der Waals surface area contributed by atoms with Crippen LogP contribution in [-0.4, -0.2) is 71.9 Å². The van der Waals surface area contributed by atoms with E-state index in [2.05, 4.69) is 17.0 Å². The van der Waals surface area contributed by atoms with Crippen LogP contribution in [0.15, 0.2) is 36.4 Å². The molecule has 6 atom stereocenters. The average Bonchev–Trinajstić information content (AvgIpc) is 3.14. The Morgan fingerprint density at radius 1 is 1.20 bits per heavy atom. The number of rotatable bonds is 8. The Morgan fingerprint density at radius 2 is 2.05 bits per heavy atom. The zero-order valence-electron chi connectivity index (χ0n) is 25.5. The summed E-state index contributed by atoms with van der Waals surface area (Å²) in [6.07, 6.45) is 6.69. The lowest BCUT2D eigenvalue weighted by atomic mass is 9.67. The van der Waals surface area contributed by atoms with Gasteiger partial charge in [0.05, 0.1) is 49.0 Å². The number of methoxy groups -OCH3 is 1. The first kappa shape index (κ1) is 31.6. The zero-order chi connectivity index (χ0) is 31.1. The Hall–Kier alpha value is -2.37. The van der Waals surface area contributed by atoms with Gasteiger partial charge >= 0.3 is 5.97 Å². The van der Waals surface area contributed by atoms with Gasteiger partial charge in [-0.3, -0.25) is 0 Å². The number of nitrogens with zero attached hydrogens (tertiary/aromatic N) is 1. The second-order valence-corrected chi connectivity index (χ2v) is 15.5. The maximum atomic E-state index is 12.5. The molecule has 44 heavy (non-hydrogen) atoms. The van der Waals surface area contributed by atoms with Crippen molar-refractivity contribution in [1.82, 2.24) is 0 Å². The van der Waals surface area contributed by atoms with Crippen LogP contribution < -0.4 is 14.8 Å². The van der Waals surface area contributed by atoms with Crippen molar-refractivity contribution >= 4 is 33.3 Å². The van der Waals surface area contributed by atoms with E-state index in [0.717, 1.165) is 74.5 Å². The molecule has 0 radical (unpaired) electrons. The topological polar surface area (TPSA) is 117 Å². The lowest BCUT2D eigenvalue weighted by Gasteiger charge is -2.47. The number of carbonyl (C=O) groups excluding carboxylic acids is 1. The first-order valence-corrected chi connectivity index (χ1v) is 17.7. The minimum atomic E-state index is -3.63. The third kappa shape index (κ3) is 6.47. The number of esters is 1. The molecule has 9 nitrogen and oxygen atoms in total. The molecule has 2 aromatic rings. The molecule has 0 amide bonds. The van der Waals surface area contributed by atoms with Crippen molar-refractivity contribution in [2.24, 2.45) is 17.0 Å². The van der Waals surface area contributed by atoms with Crippen molar-refractivity contribution < 1.29 is 32.2 Å². The summed E-state index contributed by atoms with van der Waals surface area (Å²) in [5.41, 5.74) is 3.80. The van der Waals surface area contributed by atoms with Crippen LogP contribution in [0.2, 0.25) is 5.02 Å². The minimum absolute atomic E-state index is 0.0490. The quantitative estimate of drug-likeness (QED) is 0.404. The highest BCUT2D eigenvalue weighted by molar-refractivity contribution is 7.89. The summed E-state index contributed by atoms with van der Waals surface area (Å²) in [5.74, 6) is 1.16. The average molecular weight is 647 g/mol. The van der Waals surface area contributed by atoms with Crippen molar-refractivity contribution in [3.63, 3.8) is 0 Å². The molecular formula is C33H43ClN2O7S. The number of fused-ring (bicyclic) bond motifs is 3. The van der Waals surface area contributed by atoms with Crippen molar-refractivity contribution in [3.8, 4) is 5.75 Å². The number of sulfonamides is 1. The van der Waals surface area contributed by atoms with Crippen LogP contribution >= 0.6 is 11.6 Å². The molecule has 0 aromatic heterocycles. The Balaban J connectivity index is 1.24. The summed E-state index contributed by atoms with van der Waals surface area (Å²) in [5, 5.41) is 5.31. The van der Waals surface area contributed by atoms with Gasteiger partial charge in [-0.1, -0.05) is 17.7 Å². The Labute approximate surface area is 265 Å².